The number of halogens is 3. The Morgan fingerprint density at radius 2 is 1.92 bits per heavy atom. The van der Waals surface area contributed by atoms with Crippen LogP contribution in [0.5, 0.6) is 0 Å². The van der Waals surface area contributed by atoms with Crippen LogP contribution in [0.15, 0.2) is 18.2 Å². The molecular weight excluding hydrogens is 385 g/mol. The van der Waals surface area contributed by atoms with Crippen molar-refractivity contribution in [3.05, 3.63) is 28.2 Å². The molecule has 2 atom stereocenters. The van der Waals surface area contributed by atoms with Crippen LogP contribution in [-0.2, 0) is 9.59 Å². The Bertz CT molecular complexity index is 617. The van der Waals surface area contributed by atoms with Crippen molar-refractivity contribution < 1.29 is 9.59 Å². The summed E-state index contributed by atoms with van der Waals surface area (Å²) in [4.78, 5) is 26.3. The summed E-state index contributed by atoms with van der Waals surface area (Å²) in [6.45, 7) is 1.83. The van der Waals surface area contributed by atoms with E-state index in [1.807, 2.05) is 6.92 Å². The first kappa shape index (κ1) is 22.0. The molecule has 8 heteroatoms. The highest BCUT2D eigenvalue weighted by molar-refractivity contribution is 6.39. The van der Waals surface area contributed by atoms with Crippen molar-refractivity contribution in [2.24, 2.45) is 11.7 Å². The lowest BCUT2D eigenvalue weighted by atomic mass is 9.74. The van der Waals surface area contributed by atoms with Gasteiger partial charge < -0.3 is 16.0 Å². The molecule has 0 heterocycles. The minimum atomic E-state index is -0.522. The van der Waals surface area contributed by atoms with Crippen molar-refractivity contribution in [1.82, 2.24) is 4.90 Å². The third-order valence-electron chi connectivity index (χ3n) is 4.54. The predicted molar refractivity (Wildman–Crippen MR) is 105 cm³/mol. The van der Waals surface area contributed by atoms with Gasteiger partial charge in [-0.3, -0.25) is 9.59 Å². The fraction of sp³-hybridized carbons (Fsp3) is 0.529. The number of nitrogens with two attached hydrogens (primary N) is 1. The number of nitrogens with zero attached hydrogens (tertiary/aromatic N) is 1. The SMILES string of the molecule is CN(CC(=O)Nc1c(Cl)cccc1Cl)C(=O)C1CCCCC1(C)N.Cl. The van der Waals surface area contributed by atoms with E-state index in [2.05, 4.69) is 5.32 Å². The average Bonchev–Trinajstić information content (AvgIpc) is 2.50. The van der Waals surface area contributed by atoms with Crippen LogP contribution in [0.25, 0.3) is 0 Å². The Kier molecular flexibility index (Phi) is 8.00. The molecule has 140 valence electrons. The topological polar surface area (TPSA) is 75.4 Å². The standard InChI is InChI=1S/C17H23Cl2N3O2.ClH/c1-17(20)9-4-3-6-11(17)16(24)22(2)10-14(23)21-15-12(18)7-5-8-13(15)19;/h5,7-8,11H,3-4,6,9-10,20H2,1-2H3,(H,21,23);1H. The largest absolute Gasteiger partial charge is 0.336 e. The number of carbonyl (C=O) groups excluding carboxylic acids is 2. The van der Waals surface area contributed by atoms with Gasteiger partial charge in [0.1, 0.15) is 0 Å². The Balaban J connectivity index is 0.00000312. The summed E-state index contributed by atoms with van der Waals surface area (Å²) in [6.07, 6.45) is 3.59. The van der Waals surface area contributed by atoms with Crippen molar-refractivity contribution in [2.75, 3.05) is 18.9 Å². The summed E-state index contributed by atoms with van der Waals surface area (Å²) in [6, 6.07) is 4.97. The van der Waals surface area contributed by atoms with Crippen LogP contribution in [0, 0.1) is 5.92 Å². The lowest BCUT2D eigenvalue weighted by Gasteiger charge is -2.39. The van der Waals surface area contributed by atoms with Gasteiger partial charge in [-0.25, -0.2) is 0 Å². The van der Waals surface area contributed by atoms with Gasteiger partial charge in [-0.05, 0) is 31.9 Å². The molecule has 1 aliphatic rings. The lowest BCUT2D eigenvalue weighted by Crippen LogP contribution is -2.53. The van der Waals surface area contributed by atoms with E-state index < -0.39 is 5.54 Å². The molecule has 25 heavy (non-hydrogen) atoms. The molecule has 1 saturated carbocycles. The number of likely N-dealkylation sites (N-methyl/N-ethyl adjacent to an activating group) is 1. The number of anilines is 1. The molecule has 0 spiro atoms. The Morgan fingerprint density at radius 1 is 1.32 bits per heavy atom. The molecule has 0 bridgehead atoms. The summed E-state index contributed by atoms with van der Waals surface area (Å²) in [5.74, 6) is -0.705. The second kappa shape index (κ2) is 9.08. The van der Waals surface area contributed by atoms with E-state index in [0.29, 0.717) is 15.7 Å². The molecule has 2 amide bonds. The summed E-state index contributed by atoms with van der Waals surface area (Å²) >= 11 is 12.1. The van der Waals surface area contributed by atoms with Crippen molar-refractivity contribution >= 4 is 53.1 Å². The first-order valence-electron chi connectivity index (χ1n) is 8.00. The normalized spacial score (nSPS) is 22.7. The van der Waals surface area contributed by atoms with Crippen LogP contribution in [-0.4, -0.2) is 35.8 Å². The van der Waals surface area contributed by atoms with Crippen LogP contribution in [0.4, 0.5) is 5.69 Å². The highest BCUT2D eigenvalue weighted by Crippen LogP contribution is 2.33. The van der Waals surface area contributed by atoms with Gasteiger partial charge in [-0.1, -0.05) is 42.1 Å². The molecule has 5 nitrogen and oxygen atoms in total. The maximum Gasteiger partial charge on any atom is 0.244 e. The number of carbonyl (C=O) groups is 2. The van der Waals surface area contributed by atoms with Gasteiger partial charge in [0.25, 0.3) is 0 Å². The molecule has 0 radical (unpaired) electrons. The van der Waals surface area contributed by atoms with Gasteiger partial charge in [0.2, 0.25) is 11.8 Å². The Morgan fingerprint density at radius 3 is 2.48 bits per heavy atom. The number of benzene rings is 1. The summed E-state index contributed by atoms with van der Waals surface area (Å²) in [5.41, 5.74) is 6.10. The highest BCUT2D eigenvalue weighted by atomic mass is 35.5. The van der Waals surface area contributed by atoms with Gasteiger partial charge >= 0.3 is 0 Å². The van der Waals surface area contributed by atoms with E-state index in [4.69, 9.17) is 28.9 Å². The third kappa shape index (κ3) is 5.48. The number of amides is 2. The van der Waals surface area contributed by atoms with Crippen LogP contribution in [0.2, 0.25) is 10.0 Å². The van der Waals surface area contributed by atoms with Gasteiger partial charge in [0, 0.05) is 12.6 Å². The summed E-state index contributed by atoms with van der Waals surface area (Å²) in [7, 11) is 1.61. The fourth-order valence-electron chi connectivity index (χ4n) is 3.12. The van der Waals surface area contributed by atoms with E-state index in [1.165, 1.54) is 4.90 Å². The first-order chi connectivity index (χ1) is 11.2. The van der Waals surface area contributed by atoms with Gasteiger partial charge in [0.05, 0.1) is 28.2 Å². The van der Waals surface area contributed by atoms with E-state index in [0.717, 1.165) is 25.7 Å². The summed E-state index contributed by atoms with van der Waals surface area (Å²) in [5, 5.41) is 3.37. The van der Waals surface area contributed by atoms with Gasteiger partial charge in [-0.15, -0.1) is 12.4 Å². The van der Waals surface area contributed by atoms with Crippen molar-refractivity contribution in [1.29, 1.82) is 0 Å². The summed E-state index contributed by atoms with van der Waals surface area (Å²) < 4.78 is 0. The minimum Gasteiger partial charge on any atom is -0.336 e. The lowest BCUT2D eigenvalue weighted by molar-refractivity contribution is -0.139. The van der Waals surface area contributed by atoms with Crippen molar-refractivity contribution in [3.8, 4) is 0 Å². The van der Waals surface area contributed by atoms with Gasteiger partial charge in [-0.2, -0.15) is 0 Å². The Labute approximate surface area is 164 Å². The number of rotatable bonds is 4. The zero-order valence-electron chi connectivity index (χ0n) is 14.4. The smallest absolute Gasteiger partial charge is 0.244 e. The van der Waals surface area contributed by atoms with E-state index in [-0.39, 0.29) is 36.7 Å². The maximum absolute atomic E-state index is 12.6. The average molecular weight is 409 g/mol. The first-order valence-corrected chi connectivity index (χ1v) is 8.75. The number of hydrogen-bond donors (Lipinski definition) is 2. The third-order valence-corrected chi connectivity index (χ3v) is 5.17. The van der Waals surface area contributed by atoms with Gasteiger partial charge in [0.15, 0.2) is 0 Å². The van der Waals surface area contributed by atoms with E-state index in [9.17, 15) is 9.59 Å². The molecule has 2 rings (SSSR count). The van der Waals surface area contributed by atoms with E-state index in [1.54, 1.807) is 25.2 Å². The molecule has 1 aromatic rings. The molecule has 1 aromatic carbocycles. The zero-order chi connectivity index (χ0) is 17.9. The minimum absolute atomic E-state index is 0. The maximum atomic E-state index is 12.6. The number of hydrogen-bond acceptors (Lipinski definition) is 3. The fourth-order valence-corrected chi connectivity index (χ4v) is 3.61. The van der Waals surface area contributed by atoms with Crippen LogP contribution >= 0.6 is 35.6 Å². The quantitative estimate of drug-likeness (QED) is 0.797. The second-order valence-corrected chi connectivity index (χ2v) is 7.46. The molecule has 3 N–H and O–H groups in total. The zero-order valence-corrected chi connectivity index (χ0v) is 16.7. The van der Waals surface area contributed by atoms with Crippen molar-refractivity contribution in [2.45, 2.75) is 38.1 Å². The highest BCUT2D eigenvalue weighted by Gasteiger charge is 2.39. The molecule has 0 aromatic heterocycles. The predicted octanol–water partition coefficient (Wildman–Crippen LogP) is 3.72. The number of para-hydroxylation sites is 1. The Hall–Kier alpha value is -1.01. The number of nitrogens with one attached hydrogen (secondary N) is 1. The molecular formula is C17H24Cl3N3O2. The molecule has 1 aliphatic carbocycles. The molecule has 2 unspecified atom stereocenters. The van der Waals surface area contributed by atoms with Crippen LogP contribution in [0.3, 0.4) is 0 Å². The molecule has 0 saturated heterocycles. The van der Waals surface area contributed by atoms with Crippen molar-refractivity contribution in [3.63, 3.8) is 0 Å². The van der Waals surface area contributed by atoms with Crippen LogP contribution < -0.4 is 11.1 Å². The second-order valence-electron chi connectivity index (χ2n) is 6.64. The van der Waals surface area contributed by atoms with E-state index >= 15 is 0 Å². The molecule has 0 aliphatic heterocycles. The molecule has 1 fully saturated rings. The van der Waals surface area contributed by atoms with Crippen LogP contribution in [0.1, 0.15) is 32.6 Å². The monoisotopic (exact) mass is 407 g/mol.